The summed E-state index contributed by atoms with van der Waals surface area (Å²) in [5, 5.41) is 2.00. The van der Waals surface area contributed by atoms with Gasteiger partial charge in [-0.05, 0) is 12.8 Å². The molecule has 1 aliphatic rings. The highest BCUT2D eigenvalue weighted by atomic mass is 32.2. The van der Waals surface area contributed by atoms with Crippen molar-refractivity contribution in [1.82, 2.24) is 0 Å². The van der Waals surface area contributed by atoms with Crippen molar-refractivity contribution in [3.63, 3.8) is 0 Å². The molecular weight excluding hydrogens is 150 g/mol. The molecule has 1 fully saturated rings. The Morgan fingerprint density at radius 2 is 2.20 bits per heavy atom. The SMILES string of the molecule is CS(=O)(=O)C1CCC[NH2+]C1. The van der Waals surface area contributed by atoms with Crippen LogP contribution in [0.5, 0.6) is 0 Å². The molecule has 0 aromatic heterocycles. The largest absolute Gasteiger partial charge is 0.345 e. The van der Waals surface area contributed by atoms with Crippen LogP contribution in [0.25, 0.3) is 0 Å². The number of piperidine rings is 1. The molecule has 0 radical (unpaired) electrons. The van der Waals surface area contributed by atoms with Crippen LogP contribution in [-0.4, -0.2) is 33.0 Å². The van der Waals surface area contributed by atoms with Gasteiger partial charge in [-0.15, -0.1) is 0 Å². The fourth-order valence-corrected chi connectivity index (χ4v) is 2.38. The molecule has 10 heavy (non-hydrogen) atoms. The van der Waals surface area contributed by atoms with E-state index in [2.05, 4.69) is 5.32 Å². The third kappa shape index (κ3) is 1.95. The normalized spacial score (nSPS) is 28.3. The van der Waals surface area contributed by atoms with Gasteiger partial charge in [-0.1, -0.05) is 0 Å². The lowest BCUT2D eigenvalue weighted by Crippen LogP contribution is -2.88. The summed E-state index contributed by atoms with van der Waals surface area (Å²) in [6, 6.07) is 0. The number of hydrogen-bond acceptors (Lipinski definition) is 2. The Bertz CT molecular complexity index is 192. The zero-order valence-corrected chi connectivity index (χ0v) is 7.02. The molecule has 60 valence electrons. The second kappa shape index (κ2) is 2.88. The molecule has 3 nitrogen and oxygen atoms in total. The lowest BCUT2D eigenvalue weighted by molar-refractivity contribution is -0.661. The minimum atomic E-state index is -2.76. The monoisotopic (exact) mass is 164 g/mol. The summed E-state index contributed by atoms with van der Waals surface area (Å²) in [5.41, 5.74) is 0. The maximum Gasteiger partial charge on any atom is 0.155 e. The van der Waals surface area contributed by atoms with E-state index < -0.39 is 9.84 Å². The number of nitrogens with two attached hydrogens (primary N) is 1. The Morgan fingerprint density at radius 1 is 1.50 bits per heavy atom. The minimum Gasteiger partial charge on any atom is -0.345 e. The molecule has 0 aromatic carbocycles. The molecule has 0 saturated carbocycles. The smallest absolute Gasteiger partial charge is 0.155 e. The van der Waals surface area contributed by atoms with E-state index in [1.807, 2.05) is 0 Å². The number of quaternary nitrogens is 1. The second-order valence-electron chi connectivity index (χ2n) is 2.91. The van der Waals surface area contributed by atoms with Crippen molar-refractivity contribution >= 4 is 9.84 Å². The van der Waals surface area contributed by atoms with Crippen molar-refractivity contribution in [2.45, 2.75) is 18.1 Å². The van der Waals surface area contributed by atoms with Gasteiger partial charge in [0.05, 0.1) is 13.1 Å². The Hall–Kier alpha value is -0.0900. The molecule has 0 amide bonds. The van der Waals surface area contributed by atoms with Crippen LogP contribution in [0.2, 0.25) is 0 Å². The Morgan fingerprint density at radius 3 is 2.50 bits per heavy atom. The Balaban J connectivity index is 2.56. The van der Waals surface area contributed by atoms with Gasteiger partial charge in [0, 0.05) is 6.26 Å². The van der Waals surface area contributed by atoms with E-state index in [0.29, 0.717) is 0 Å². The highest BCUT2D eigenvalue weighted by molar-refractivity contribution is 7.91. The average molecular weight is 164 g/mol. The molecule has 1 rings (SSSR count). The van der Waals surface area contributed by atoms with E-state index in [-0.39, 0.29) is 5.25 Å². The summed E-state index contributed by atoms with van der Waals surface area (Å²) in [5.74, 6) is 0. The van der Waals surface area contributed by atoms with E-state index in [1.165, 1.54) is 6.26 Å². The maximum absolute atomic E-state index is 11.0. The van der Waals surface area contributed by atoms with Crippen molar-refractivity contribution < 1.29 is 13.7 Å². The van der Waals surface area contributed by atoms with Gasteiger partial charge in [-0.25, -0.2) is 8.42 Å². The first kappa shape index (κ1) is 8.01. The van der Waals surface area contributed by atoms with Crippen LogP contribution < -0.4 is 5.32 Å². The predicted octanol–water partition coefficient (Wildman–Crippen LogP) is -1.24. The lowest BCUT2D eigenvalue weighted by atomic mass is 10.2. The van der Waals surface area contributed by atoms with Crippen molar-refractivity contribution in [3.8, 4) is 0 Å². The Kier molecular flexibility index (Phi) is 2.31. The fraction of sp³-hybridized carbons (Fsp3) is 1.00. The van der Waals surface area contributed by atoms with Gasteiger partial charge in [-0.2, -0.15) is 0 Å². The quantitative estimate of drug-likeness (QED) is 0.527. The van der Waals surface area contributed by atoms with E-state index >= 15 is 0 Å². The summed E-state index contributed by atoms with van der Waals surface area (Å²) < 4.78 is 21.9. The van der Waals surface area contributed by atoms with Gasteiger partial charge in [-0.3, -0.25) is 0 Å². The van der Waals surface area contributed by atoms with Crippen molar-refractivity contribution in [2.24, 2.45) is 0 Å². The van der Waals surface area contributed by atoms with Gasteiger partial charge >= 0.3 is 0 Å². The fourth-order valence-electron chi connectivity index (χ4n) is 1.30. The summed E-state index contributed by atoms with van der Waals surface area (Å²) in [7, 11) is -2.76. The van der Waals surface area contributed by atoms with Crippen LogP contribution >= 0.6 is 0 Å². The van der Waals surface area contributed by atoms with Crippen LogP contribution in [0.4, 0.5) is 0 Å². The van der Waals surface area contributed by atoms with Crippen molar-refractivity contribution in [2.75, 3.05) is 19.3 Å². The molecule has 1 heterocycles. The molecule has 1 saturated heterocycles. The Labute approximate surface area is 61.7 Å². The molecular formula is C6H14NO2S+. The lowest BCUT2D eigenvalue weighted by Gasteiger charge is -2.17. The first-order valence-corrected chi connectivity index (χ1v) is 5.56. The first-order valence-electron chi connectivity index (χ1n) is 3.61. The molecule has 0 aliphatic carbocycles. The standard InChI is InChI=1S/C6H13NO2S/c1-10(8,9)6-3-2-4-7-5-6/h6-7H,2-5H2,1H3/p+1. The van der Waals surface area contributed by atoms with E-state index in [0.717, 1.165) is 25.9 Å². The number of sulfone groups is 1. The van der Waals surface area contributed by atoms with Crippen LogP contribution in [0.1, 0.15) is 12.8 Å². The zero-order valence-electron chi connectivity index (χ0n) is 6.21. The molecule has 0 spiro atoms. The average Bonchev–Trinajstić information content (AvgIpc) is 1.88. The molecule has 1 atom stereocenters. The van der Waals surface area contributed by atoms with Gasteiger partial charge in [0.15, 0.2) is 9.84 Å². The van der Waals surface area contributed by atoms with Crippen LogP contribution in [0, 0.1) is 0 Å². The van der Waals surface area contributed by atoms with E-state index in [1.54, 1.807) is 0 Å². The molecule has 0 bridgehead atoms. The topological polar surface area (TPSA) is 50.8 Å². The molecule has 4 heteroatoms. The van der Waals surface area contributed by atoms with Gasteiger partial charge in [0.25, 0.3) is 0 Å². The van der Waals surface area contributed by atoms with Gasteiger partial charge in [0.1, 0.15) is 5.25 Å². The zero-order chi connectivity index (χ0) is 7.61. The van der Waals surface area contributed by atoms with Crippen molar-refractivity contribution in [3.05, 3.63) is 0 Å². The minimum absolute atomic E-state index is 0.0822. The molecule has 1 aliphatic heterocycles. The van der Waals surface area contributed by atoms with Crippen LogP contribution in [-0.2, 0) is 9.84 Å². The summed E-state index contributed by atoms with van der Waals surface area (Å²) >= 11 is 0. The third-order valence-electron chi connectivity index (χ3n) is 1.97. The number of hydrogen-bond donors (Lipinski definition) is 1. The van der Waals surface area contributed by atoms with E-state index in [4.69, 9.17) is 0 Å². The summed E-state index contributed by atoms with van der Waals surface area (Å²) in [6.07, 6.45) is 3.23. The van der Waals surface area contributed by atoms with E-state index in [9.17, 15) is 8.42 Å². The second-order valence-corrected chi connectivity index (χ2v) is 5.23. The summed E-state index contributed by atoms with van der Waals surface area (Å²) in [4.78, 5) is 0. The van der Waals surface area contributed by atoms with Crippen LogP contribution in [0.3, 0.4) is 0 Å². The molecule has 0 aromatic rings. The summed E-state index contributed by atoms with van der Waals surface area (Å²) in [6.45, 7) is 1.85. The van der Waals surface area contributed by atoms with Gasteiger partial charge in [0.2, 0.25) is 0 Å². The van der Waals surface area contributed by atoms with Gasteiger partial charge < -0.3 is 5.32 Å². The predicted molar refractivity (Wildman–Crippen MR) is 39.5 cm³/mol. The van der Waals surface area contributed by atoms with Crippen LogP contribution in [0.15, 0.2) is 0 Å². The molecule has 2 N–H and O–H groups in total. The number of rotatable bonds is 1. The maximum atomic E-state index is 11.0. The van der Waals surface area contributed by atoms with Crippen molar-refractivity contribution in [1.29, 1.82) is 0 Å². The first-order chi connectivity index (χ1) is 4.61. The molecule has 1 unspecified atom stereocenters. The highest BCUT2D eigenvalue weighted by Crippen LogP contribution is 2.06. The third-order valence-corrected chi connectivity index (χ3v) is 3.61. The highest BCUT2D eigenvalue weighted by Gasteiger charge is 2.24.